The van der Waals surface area contributed by atoms with Gasteiger partial charge in [-0.15, -0.1) is 0 Å². The third-order valence-electron chi connectivity index (χ3n) is 2.51. The Bertz CT molecular complexity index is 364. The average Bonchev–Trinajstić information content (AvgIpc) is 2.26. The lowest BCUT2D eigenvalue weighted by atomic mass is 9.99. The number of rotatable bonds is 3. The van der Waals surface area contributed by atoms with Crippen LogP contribution >= 0.6 is 11.6 Å². The molecule has 1 heterocycles. The first kappa shape index (κ1) is 10.7. The number of hydrogen-bond donors (Lipinski definition) is 1. The van der Waals surface area contributed by atoms with Crippen LogP contribution in [0.5, 0.6) is 0 Å². The van der Waals surface area contributed by atoms with Gasteiger partial charge in [0.1, 0.15) is 0 Å². The summed E-state index contributed by atoms with van der Waals surface area (Å²) in [5.41, 5.74) is 2.56. The Kier molecular flexibility index (Phi) is 3.41. The van der Waals surface area contributed by atoms with Crippen LogP contribution in [0.3, 0.4) is 0 Å². The number of halogens is 1. The fourth-order valence-electron chi connectivity index (χ4n) is 1.78. The summed E-state index contributed by atoms with van der Waals surface area (Å²) < 4.78 is 5.51. The van der Waals surface area contributed by atoms with Crippen LogP contribution < -0.4 is 5.32 Å². The van der Waals surface area contributed by atoms with Gasteiger partial charge in [0, 0.05) is 11.6 Å². The molecule has 0 bridgehead atoms. The Morgan fingerprint density at radius 2 is 2.33 bits per heavy atom. The van der Waals surface area contributed by atoms with E-state index in [1.807, 2.05) is 12.1 Å². The zero-order chi connectivity index (χ0) is 10.7. The monoisotopic (exact) mass is 223 g/mol. The predicted molar refractivity (Wildman–Crippen MR) is 61.8 cm³/mol. The van der Waals surface area contributed by atoms with Gasteiger partial charge in [0.2, 0.25) is 0 Å². The molecule has 3 heteroatoms. The maximum Gasteiger partial charge on any atom is 0.0721 e. The minimum atomic E-state index is 0.227. The number of benzene rings is 1. The lowest BCUT2D eigenvalue weighted by Gasteiger charge is -2.26. The van der Waals surface area contributed by atoms with Gasteiger partial charge >= 0.3 is 0 Å². The van der Waals surface area contributed by atoms with E-state index >= 15 is 0 Å². The van der Waals surface area contributed by atoms with Gasteiger partial charge < -0.3 is 10.1 Å². The van der Waals surface area contributed by atoms with Gasteiger partial charge in [0.05, 0.1) is 19.3 Å². The summed E-state index contributed by atoms with van der Waals surface area (Å²) in [7, 11) is 0. The standard InChI is InChI=1S/C12H14ClNO/c1-9(13)6-14-12-8-15-7-10-4-2-3-5-11(10)12/h2-5,12,14H,1,6-8H2. The molecule has 0 saturated carbocycles. The van der Waals surface area contributed by atoms with Crippen LogP contribution in [0.2, 0.25) is 0 Å². The van der Waals surface area contributed by atoms with Crippen LogP contribution in [0.1, 0.15) is 17.2 Å². The van der Waals surface area contributed by atoms with Gasteiger partial charge in [-0.05, 0) is 11.1 Å². The van der Waals surface area contributed by atoms with Crippen molar-refractivity contribution in [1.29, 1.82) is 0 Å². The van der Waals surface area contributed by atoms with Crippen molar-refractivity contribution < 1.29 is 4.74 Å². The molecule has 0 amide bonds. The van der Waals surface area contributed by atoms with E-state index in [1.54, 1.807) is 0 Å². The van der Waals surface area contributed by atoms with E-state index in [0.717, 1.165) is 0 Å². The van der Waals surface area contributed by atoms with Gasteiger partial charge in [-0.3, -0.25) is 0 Å². The second-order valence-electron chi connectivity index (χ2n) is 3.66. The molecule has 0 spiro atoms. The maximum absolute atomic E-state index is 5.73. The lowest BCUT2D eigenvalue weighted by Crippen LogP contribution is -2.30. The van der Waals surface area contributed by atoms with Crippen LogP contribution in [0.4, 0.5) is 0 Å². The first-order valence-electron chi connectivity index (χ1n) is 4.99. The van der Waals surface area contributed by atoms with Crippen molar-refractivity contribution >= 4 is 11.6 Å². The van der Waals surface area contributed by atoms with Crippen LogP contribution in [0, 0.1) is 0 Å². The first-order chi connectivity index (χ1) is 7.27. The van der Waals surface area contributed by atoms with Crippen molar-refractivity contribution in [2.75, 3.05) is 13.2 Å². The Morgan fingerprint density at radius 3 is 3.13 bits per heavy atom. The molecule has 1 aliphatic heterocycles. The molecule has 1 atom stereocenters. The molecule has 2 nitrogen and oxygen atoms in total. The van der Waals surface area contributed by atoms with E-state index in [1.165, 1.54) is 11.1 Å². The normalized spacial score (nSPS) is 19.7. The molecule has 15 heavy (non-hydrogen) atoms. The van der Waals surface area contributed by atoms with Gasteiger partial charge in [-0.1, -0.05) is 42.4 Å². The van der Waals surface area contributed by atoms with E-state index in [9.17, 15) is 0 Å². The van der Waals surface area contributed by atoms with Crippen LogP contribution in [0.15, 0.2) is 35.9 Å². The average molecular weight is 224 g/mol. The summed E-state index contributed by atoms with van der Waals surface area (Å²) in [6.07, 6.45) is 0. The van der Waals surface area contributed by atoms with Crippen molar-refractivity contribution in [3.8, 4) is 0 Å². The van der Waals surface area contributed by atoms with Crippen molar-refractivity contribution in [2.24, 2.45) is 0 Å². The van der Waals surface area contributed by atoms with E-state index in [4.69, 9.17) is 16.3 Å². The largest absolute Gasteiger partial charge is 0.375 e. The van der Waals surface area contributed by atoms with Crippen molar-refractivity contribution in [2.45, 2.75) is 12.6 Å². The molecule has 0 aromatic heterocycles. The highest BCUT2D eigenvalue weighted by Gasteiger charge is 2.19. The smallest absolute Gasteiger partial charge is 0.0721 e. The molecule has 1 N–H and O–H groups in total. The zero-order valence-electron chi connectivity index (χ0n) is 8.50. The Balaban J connectivity index is 2.11. The number of hydrogen-bond acceptors (Lipinski definition) is 2. The molecule has 1 aromatic rings. The van der Waals surface area contributed by atoms with Gasteiger partial charge in [-0.25, -0.2) is 0 Å². The summed E-state index contributed by atoms with van der Waals surface area (Å²) in [5.74, 6) is 0. The van der Waals surface area contributed by atoms with Crippen molar-refractivity contribution in [1.82, 2.24) is 5.32 Å². The van der Waals surface area contributed by atoms with E-state index in [0.29, 0.717) is 24.8 Å². The summed E-state index contributed by atoms with van der Waals surface area (Å²) in [4.78, 5) is 0. The minimum absolute atomic E-state index is 0.227. The molecule has 1 aromatic carbocycles. The fraction of sp³-hybridized carbons (Fsp3) is 0.333. The molecule has 80 valence electrons. The Hall–Kier alpha value is -0.830. The highest BCUT2D eigenvalue weighted by Crippen LogP contribution is 2.24. The molecule has 0 radical (unpaired) electrons. The highest BCUT2D eigenvalue weighted by molar-refractivity contribution is 6.29. The SMILES string of the molecule is C=C(Cl)CNC1COCc2ccccc21. The first-order valence-corrected chi connectivity index (χ1v) is 5.37. The van der Waals surface area contributed by atoms with Crippen molar-refractivity contribution in [3.05, 3.63) is 47.0 Å². The van der Waals surface area contributed by atoms with Crippen molar-refractivity contribution in [3.63, 3.8) is 0 Å². The third kappa shape index (κ3) is 2.59. The number of nitrogens with one attached hydrogen (secondary N) is 1. The Morgan fingerprint density at radius 1 is 1.53 bits per heavy atom. The van der Waals surface area contributed by atoms with Gasteiger partial charge in [0.25, 0.3) is 0 Å². The molecule has 0 fully saturated rings. The molecule has 0 aliphatic carbocycles. The molecule has 1 unspecified atom stereocenters. The zero-order valence-corrected chi connectivity index (χ0v) is 9.26. The lowest BCUT2D eigenvalue weighted by molar-refractivity contribution is 0.0832. The summed E-state index contributed by atoms with van der Waals surface area (Å²) in [6.45, 7) is 5.67. The number of ether oxygens (including phenoxy) is 1. The highest BCUT2D eigenvalue weighted by atomic mass is 35.5. The molecular weight excluding hydrogens is 210 g/mol. The summed E-state index contributed by atoms with van der Waals surface area (Å²) in [6, 6.07) is 8.54. The van der Waals surface area contributed by atoms with Crippen LogP contribution in [0.25, 0.3) is 0 Å². The molecule has 2 rings (SSSR count). The van der Waals surface area contributed by atoms with E-state index in [-0.39, 0.29) is 6.04 Å². The van der Waals surface area contributed by atoms with Gasteiger partial charge in [0.15, 0.2) is 0 Å². The molecule has 1 aliphatic rings. The summed E-state index contributed by atoms with van der Waals surface area (Å²) in [5, 5.41) is 3.94. The third-order valence-corrected chi connectivity index (χ3v) is 2.65. The molecule has 0 saturated heterocycles. The topological polar surface area (TPSA) is 21.3 Å². The second-order valence-corrected chi connectivity index (χ2v) is 4.20. The van der Waals surface area contributed by atoms with E-state index in [2.05, 4.69) is 24.0 Å². The molecular formula is C12H14ClNO. The van der Waals surface area contributed by atoms with E-state index < -0.39 is 0 Å². The van der Waals surface area contributed by atoms with Crippen LogP contribution in [-0.2, 0) is 11.3 Å². The maximum atomic E-state index is 5.73. The Labute approximate surface area is 94.9 Å². The van der Waals surface area contributed by atoms with Crippen LogP contribution in [-0.4, -0.2) is 13.2 Å². The number of fused-ring (bicyclic) bond motifs is 1. The quantitative estimate of drug-likeness (QED) is 0.851. The second kappa shape index (κ2) is 4.79. The summed E-state index contributed by atoms with van der Waals surface area (Å²) >= 11 is 5.73. The minimum Gasteiger partial charge on any atom is -0.375 e. The fourth-order valence-corrected chi connectivity index (χ4v) is 1.86. The van der Waals surface area contributed by atoms with Gasteiger partial charge in [-0.2, -0.15) is 0 Å². The predicted octanol–water partition coefficient (Wildman–Crippen LogP) is 2.60.